The van der Waals surface area contributed by atoms with Crippen molar-refractivity contribution in [2.75, 3.05) is 6.26 Å². The summed E-state index contributed by atoms with van der Waals surface area (Å²) in [7, 11) is 0. The SMILES string of the molecule is CSc1ccccc1C(Br)C(C)c1ccccn1. The van der Waals surface area contributed by atoms with Gasteiger partial charge >= 0.3 is 0 Å². The Hall–Kier alpha value is -0.800. The zero-order valence-corrected chi connectivity index (χ0v) is 12.9. The van der Waals surface area contributed by atoms with Gasteiger partial charge in [-0.3, -0.25) is 4.98 Å². The van der Waals surface area contributed by atoms with Gasteiger partial charge < -0.3 is 0 Å². The minimum Gasteiger partial charge on any atom is -0.261 e. The Labute approximate surface area is 121 Å². The fraction of sp³-hybridized carbons (Fsp3) is 0.267. The van der Waals surface area contributed by atoms with E-state index in [2.05, 4.69) is 64.4 Å². The van der Waals surface area contributed by atoms with Gasteiger partial charge in [0.25, 0.3) is 0 Å². The van der Waals surface area contributed by atoms with E-state index >= 15 is 0 Å². The molecule has 0 fully saturated rings. The third-order valence-corrected chi connectivity index (χ3v) is 5.13. The van der Waals surface area contributed by atoms with Crippen LogP contribution in [0.4, 0.5) is 0 Å². The maximum absolute atomic E-state index is 4.44. The molecular formula is C15H16BrNS. The summed E-state index contributed by atoms with van der Waals surface area (Å²) in [5.74, 6) is 0.347. The Bertz CT molecular complexity index is 501. The van der Waals surface area contributed by atoms with Crippen molar-refractivity contribution in [2.24, 2.45) is 0 Å². The number of thioether (sulfide) groups is 1. The highest BCUT2D eigenvalue weighted by atomic mass is 79.9. The van der Waals surface area contributed by atoms with Gasteiger partial charge in [0.15, 0.2) is 0 Å². The summed E-state index contributed by atoms with van der Waals surface area (Å²) in [4.78, 5) is 6.05. The first-order chi connectivity index (χ1) is 8.74. The minimum absolute atomic E-state index is 0.288. The Kier molecular flexibility index (Phi) is 4.84. The maximum atomic E-state index is 4.44. The van der Waals surface area contributed by atoms with Gasteiger partial charge in [-0.25, -0.2) is 0 Å². The Morgan fingerprint density at radius 3 is 2.50 bits per heavy atom. The van der Waals surface area contributed by atoms with E-state index in [0.717, 1.165) is 5.69 Å². The van der Waals surface area contributed by atoms with E-state index in [1.807, 2.05) is 18.3 Å². The van der Waals surface area contributed by atoms with Gasteiger partial charge in [-0.2, -0.15) is 0 Å². The third kappa shape index (κ3) is 2.96. The predicted octanol–water partition coefficient (Wildman–Crippen LogP) is 5.04. The zero-order chi connectivity index (χ0) is 13.0. The Morgan fingerprint density at radius 1 is 1.11 bits per heavy atom. The first-order valence-electron chi connectivity index (χ1n) is 5.92. The standard InChI is InChI=1S/C15H16BrNS/c1-11(13-8-5-6-10-17-13)15(16)12-7-3-4-9-14(12)18-2/h3-11,15H,1-2H3. The number of hydrogen-bond donors (Lipinski definition) is 0. The summed E-state index contributed by atoms with van der Waals surface area (Å²) in [6.45, 7) is 2.21. The molecule has 0 saturated heterocycles. The first-order valence-corrected chi connectivity index (χ1v) is 8.06. The largest absolute Gasteiger partial charge is 0.261 e. The van der Waals surface area contributed by atoms with Crippen molar-refractivity contribution in [3.8, 4) is 0 Å². The summed E-state index contributed by atoms with van der Waals surface area (Å²) < 4.78 is 0. The number of pyridine rings is 1. The van der Waals surface area contributed by atoms with Crippen molar-refractivity contribution in [1.29, 1.82) is 0 Å². The molecule has 1 aromatic heterocycles. The second-order valence-electron chi connectivity index (χ2n) is 4.19. The molecule has 18 heavy (non-hydrogen) atoms. The molecule has 2 rings (SSSR count). The second kappa shape index (κ2) is 6.39. The lowest BCUT2D eigenvalue weighted by Gasteiger charge is -2.20. The molecule has 0 bridgehead atoms. The van der Waals surface area contributed by atoms with Crippen molar-refractivity contribution >= 4 is 27.7 Å². The van der Waals surface area contributed by atoms with Crippen LogP contribution in [0.15, 0.2) is 53.6 Å². The van der Waals surface area contributed by atoms with Gasteiger partial charge in [0.05, 0.1) is 0 Å². The molecular weight excluding hydrogens is 306 g/mol. The lowest BCUT2D eigenvalue weighted by atomic mass is 9.97. The molecule has 0 amide bonds. The molecule has 0 aliphatic carbocycles. The average Bonchev–Trinajstić information content (AvgIpc) is 2.46. The molecule has 0 radical (unpaired) electrons. The van der Waals surface area contributed by atoms with Crippen LogP contribution < -0.4 is 0 Å². The van der Waals surface area contributed by atoms with Crippen LogP contribution in [0.2, 0.25) is 0 Å². The smallest absolute Gasteiger partial charge is 0.0487 e. The van der Waals surface area contributed by atoms with E-state index in [-0.39, 0.29) is 4.83 Å². The van der Waals surface area contributed by atoms with Crippen LogP contribution in [-0.2, 0) is 0 Å². The lowest BCUT2D eigenvalue weighted by Crippen LogP contribution is -2.05. The minimum atomic E-state index is 0.288. The normalized spacial score (nSPS) is 14.2. The number of benzene rings is 1. The summed E-state index contributed by atoms with van der Waals surface area (Å²) in [6, 6.07) is 14.6. The summed E-state index contributed by atoms with van der Waals surface area (Å²) in [6.07, 6.45) is 3.97. The van der Waals surface area contributed by atoms with Crippen LogP contribution in [-0.4, -0.2) is 11.2 Å². The number of alkyl halides is 1. The molecule has 2 unspecified atom stereocenters. The Morgan fingerprint density at radius 2 is 1.83 bits per heavy atom. The summed E-state index contributed by atoms with van der Waals surface area (Å²) >= 11 is 5.61. The van der Waals surface area contributed by atoms with E-state index in [1.54, 1.807) is 11.8 Å². The van der Waals surface area contributed by atoms with Gasteiger partial charge in [-0.05, 0) is 30.0 Å². The molecule has 0 aliphatic rings. The van der Waals surface area contributed by atoms with Crippen LogP contribution in [0.3, 0.4) is 0 Å². The van der Waals surface area contributed by atoms with Crippen molar-refractivity contribution < 1.29 is 0 Å². The number of halogens is 1. The molecule has 3 heteroatoms. The van der Waals surface area contributed by atoms with Crippen LogP contribution >= 0.6 is 27.7 Å². The summed E-state index contributed by atoms with van der Waals surface area (Å²) in [5, 5.41) is 0. The van der Waals surface area contributed by atoms with Gasteiger partial charge in [0, 0.05) is 27.5 Å². The molecule has 1 nitrogen and oxygen atoms in total. The molecule has 0 aliphatic heterocycles. The fourth-order valence-electron chi connectivity index (χ4n) is 1.96. The predicted molar refractivity (Wildman–Crippen MR) is 82.5 cm³/mol. The van der Waals surface area contributed by atoms with Crippen molar-refractivity contribution in [3.63, 3.8) is 0 Å². The van der Waals surface area contributed by atoms with E-state index in [4.69, 9.17) is 0 Å². The number of nitrogens with zero attached hydrogens (tertiary/aromatic N) is 1. The van der Waals surface area contributed by atoms with E-state index in [1.165, 1.54) is 10.5 Å². The van der Waals surface area contributed by atoms with Crippen LogP contribution in [0.5, 0.6) is 0 Å². The molecule has 1 aromatic carbocycles. The number of aromatic nitrogens is 1. The number of rotatable bonds is 4. The zero-order valence-electron chi connectivity index (χ0n) is 10.5. The van der Waals surface area contributed by atoms with Gasteiger partial charge in [-0.1, -0.05) is 47.1 Å². The molecule has 0 spiro atoms. The highest BCUT2D eigenvalue weighted by Crippen LogP contribution is 2.40. The van der Waals surface area contributed by atoms with Crippen LogP contribution in [0.25, 0.3) is 0 Å². The van der Waals surface area contributed by atoms with Crippen molar-refractivity contribution in [2.45, 2.75) is 22.6 Å². The number of hydrogen-bond acceptors (Lipinski definition) is 2. The molecule has 0 N–H and O–H groups in total. The average molecular weight is 322 g/mol. The van der Waals surface area contributed by atoms with Crippen molar-refractivity contribution in [3.05, 3.63) is 59.9 Å². The molecule has 2 atom stereocenters. The maximum Gasteiger partial charge on any atom is 0.0487 e. The van der Waals surface area contributed by atoms with Gasteiger partial charge in [0.1, 0.15) is 0 Å². The lowest BCUT2D eigenvalue weighted by molar-refractivity contribution is 0.716. The van der Waals surface area contributed by atoms with E-state index < -0.39 is 0 Å². The third-order valence-electron chi connectivity index (χ3n) is 3.03. The molecule has 94 valence electrons. The summed E-state index contributed by atoms with van der Waals surface area (Å²) in [5.41, 5.74) is 2.46. The second-order valence-corrected chi connectivity index (χ2v) is 6.02. The molecule has 1 heterocycles. The molecule has 2 aromatic rings. The molecule has 0 saturated carbocycles. The van der Waals surface area contributed by atoms with Crippen LogP contribution in [0.1, 0.15) is 28.9 Å². The first kappa shape index (κ1) is 13.6. The highest BCUT2D eigenvalue weighted by Gasteiger charge is 2.20. The van der Waals surface area contributed by atoms with Crippen molar-refractivity contribution in [1.82, 2.24) is 4.98 Å². The monoisotopic (exact) mass is 321 g/mol. The topological polar surface area (TPSA) is 12.9 Å². The fourth-order valence-corrected chi connectivity index (χ4v) is 3.43. The quantitative estimate of drug-likeness (QED) is 0.577. The van der Waals surface area contributed by atoms with E-state index in [9.17, 15) is 0 Å². The highest BCUT2D eigenvalue weighted by molar-refractivity contribution is 9.09. The van der Waals surface area contributed by atoms with Gasteiger partial charge in [0.2, 0.25) is 0 Å². The van der Waals surface area contributed by atoms with Crippen LogP contribution in [0, 0.1) is 0 Å². The van der Waals surface area contributed by atoms with Gasteiger partial charge in [-0.15, -0.1) is 11.8 Å². The Balaban J connectivity index is 2.28. The van der Waals surface area contributed by atoms with E-state index in [0.29, 0.717) is 5.92 Å².